The summed E-state index contributed by atoms with van der Waals surface area (Å²) >= 11 is 0. The van der Waals surface area contributed by atoms with Crippen LogP contribution in [0.4, 0.5) is 5.69 Å². The van der Waals surface area contributed by atoms with Crippen LogP contribution in [0, 0.1) is 0 Å². The van der Waals surface area contributed by atoms with E-state index < -0.39 is 11.5 Å². The highest BCUT2D eigenvalue weighted by molar-refractivity contribution is 5.88. The molecule has 0 spiro atoms. The van der Waals surface area contributed by atoms with Gasteiger partial charge in [0.15, 0.2) is 0 Å². The normalized spacial score (nSPS) is 19.7. The maximum atomic E-state index is 12.0. The van der Waals surface area contributed by atoms with Gasteiger partial charge in [0.25, 0.3) is 5.56 Å². The molecule has 1 aromatic heterocycles. The van der Waals surface area contributed by atoms with Crippen LogP contribution >= 0.6 is 0 Å². The van der Waals surface area contributed by atoms with E-state index >= 15 is 0 Å². The number of hydrogen-bond donors (Lipinski definition) is 3. The van der Waals surface area contributed by atoms with Gasteiger partial charge in [0.2, 0.25) is 0 Å². The number of rotatable bonds is 5. The second-order valence-corrected chi connectivity index (χ2v) is 6.46. The lowest BCUT2D eigenvalue weighted by Gasteiger charge is -2.19. The fraction of sp³-hybridized carbons (Fsp3) is 0.368. The minimum absolute atomic E-state index is 0.0151. The van der Waals surface area contributed by atoms with Gasteiger partial charge in [0.05, 0.1) is 17.8 Å². The number of carbonyl (C=O) groups is 1. The Bertz CT molecular complexity index is 860. The van der Waals surface area contributed by atoms with Crippen molar-refractivity contribution in [3.05, 3.63) is 51.8 Å². The quantitative estimate of drug-likeness (QED) is 0.748. The van der Waals surface area contributed by atoms with Crippen LogP contribution in [0.2, 0.25) is 0 Å². The number of aromatic amines is 1. The maximum Gasteiger partial charge on any atom is 0.341 e. The van der Waals surface area contributed by atoms with Crippen molar-refractivity contribution >= 4 is 11.7 Å². The molecule has 2 atom stereocenters. The van der Waals surface area contributed by atoms with Crippen LogP contribution in [0.1, 0.15) is 22.8 Å². The summed E-state index contributed by atoms with van der Waals surface area (Å²) in [5, 5.41) is 9.12. The van der Waals surface area contributed by atoms with Gasteiger partial charge >= 0.3 is 5.97 Å². The molecule has 1 aliphatic rings. The molecule has 1 aliphatic heterocycles. The highest BCUT2D eigenvalue weighted by Gasteiger charge is 2.30. The van der Waals surface area contributed by atoms with Gasteiger partial charge in [-0.2, -0.15) is 0 Å². The monoisotopic (exact) mass is 357 g/mol. The zero-order valence-corrected chi connectivity index (χ0v) is 14.9. The number of carboxylic acid groups (broad SMARTS) is 1. The van der Waals surface area contributed by atoms with E-state index in [2.05, 4.69) is 9.88 Å². The Morgan fingerprint density at radius 1 is 1.35 bits per heavy atom. The number of anilines is 1. The molecular weight excluding hydrogens is 334 g/mol. The third kappa shape index (κ3) is 3.36. The van der Waals surface area contributed by atoms with Crippen molar-refractivity contribution < 1.29 is 14.6 Å². The van der Waals surface area contributed by atoms with Crippen LogP contribution in [0.3, 0.4) is 0 Å². The van der Waals surface area contributed by atoms with Crippen molar-refractivity contribution in [1.29, 1.82) is 0 Å². The Morgan fingerprint density at radius 3 is 2.58 bits per heavy atom. The molecule has 0 bridgehead atoms. The molecule has 2 aromatic rings. The van der Waals surface area contributed by atoms with E-state index in [-0.39, 0.29) is 17.7 Å². The predicted octanol–water partition coefficient (Wildman–Crippen LogP) is 1.46. The zero-order valence-electron chi connectivity index (χ0n) is 14.9. The molecule has 0 saturated carbocycles. The van der Waals surface area contributed by atoms with E-state index in [1.165, 1.54) is 6.07 Å². The van der Waals surface area contributed by atoms with Crippen molar-refractivity contribution in [3.8, 4) is 11.3 Å². The second-order valence-electron chi connectivity index (χ2n) is 6.46. The lowest BCUT2D eigenvalue weighted by atomic mass is 10.0. The van der Waals surface area contributed by atoms with E-state index in [0.29, 0.717) is 12.1 Å². The number of pyridine rings is 1. The van der Waals surface area contributed by atoms with Crippen molar-refractivity contribution in [2.24, 2.45) is 5.73 Å². The summed E-state index contributed by atoms with van der Waals surface area (Å²) in [6, 6.07) is 9.22. The van der Waals surface area contributed by atoms with Crippen LogP contribution in [-0.2, 0) is 11.2 Å². The molecule has 3 rings (SSSR count). The molecule has 0 radical (unpaired) electrons. The summed E-state index contributed by atoms with van der Waals surface area (Å²) in [6.45, 7) is 3.39. The van der Waals surface area contributed by atoms with E-state index in [9.17, 15) is 9.59 Å². The van der Waals surface area contributed by atoms with Crippen LogP contribution in [-0.4, -0.2) is 48.4 Å². The average molecular weight is 357 g/mol. The third-order valence-corrected chi connectivity index (χ3v) is 4.87. The zero-order chi connectivity index (χ0) is 18.8. The van der Waals surface area contributed by atoms with Gasteiger partial charge in [0.1, 0.15) is 5.56 Å². The first-order valence-corrected chi connectivity index (χ1v) is 8.57. The predicted molar refractivity (Wildman–Crippen MR) is 99.8 cm³/mol. The number of nitrogens with two attached hydrogens (primary N) is 1. The van der Waals surface area contributed by atoms with E-state index in [1.807, 2.05) is 31.2 Å². The molecule has 0 amide bonds. The van der Waals surface area contributed by atoms with Gasteiger partial charge in [-0.05, 0) is 35.7 Å². The first kappa shape index (κ1) is 18.2. The van der Waals surface area contributed by atoms with Crippen LogP contribution < -0.4 is 16.2 Å². The van der Waals surface area contributed by atoms with E-state index in [4.69, 9.17) is 15.6 Å². The highest BCUT2D eigenvalue weighted by atomic mass is 16.5. The summed E-state index contributed by atoms with van der Waals surface area (Å²) in [5.41, 5.74) is 8.56. The Balaban J connectivity index is 1.91. The average Bonchev–Trinajstić information content (AvgIpc) is 3.02. The number of hydrogen-bond acceptors (Lipinski definition) is 5. The molecule has 1 saturated heterocycles. The molecule has 0 aliphatic carbocycles. The Labute approximate surface area is 151 Å². The Hall–Kier alpha value is -2.64. The molecule has 1 fully saturated rings. The topological polar surface area (TPSA) is 109 Å². The number of carboxylic acids is 1. The number of methoxy groups -OCH3 is 1. The minimum atomic E-state index is -1.22. The molecule has 1 aromatic carbocycles. The standard InChI is InChI=1S/C19H23N3O4/c1-3-11-8-14(19(24)25)18(23)21-17(11)12-4-6-13(7-5-12)22-9-15(20)16(10-22)26-2/h4-8,15-16H,3,9-10,20H2,1-2H3,(H,21,23)(H,24,25)/t15-,16+/m0/s1. The number of aromatic nitrogens is 1. The van der Waals surface area contributed by atoms with Crippen molar-refractivity contribution in [1.82, 2.24) is 4.98 Å². The van der Waals surface area contributed by atoms with Crippen LogP contribution in [0.15, 0.2) is 35.1 Å². The molecule has 7 heteroatoms. The molecule has 7 nitrogen and oxygen atoms in total. The van der Waals surface area contributed by atoms with Gasteiger partial charge in [-0.3, -0.25) is 4.79 Å². The van der Waals surface area contributed by atoms with Crippen molar-refractivity contribution in [2.75, 3.05) is 25.1 Å². The lowest BCUT2D eigenvalue weighted by Crippen LogP contribution is -2.34. The third-order valence-electron chi connectivity index (χ3n) is 4.87. The molecule has 26 heavy (non-hydrogen) atoms. The summed E-state index contributed by atoms with van der Waals surface area (Å²) in [6.07, 6.45) is 0.631. The number of aryl methyl sites for hydroxylation is 1. The lowest BCUT2D eigenvalue weighted by molar-refractivity contribution is 0.0695. The minimum Gasteiger partial charge on any atom is -0.477 e. The van der Waals surface area contributed by atoms with Gasteiger partial charge < -0.3 is 25.5 Å². The van der Waals surface area contributed by atoms with Crippen molar-refractivity contribution in [2.45, 2.75) is 25.5 Å². The highest BCUT2D eigenvalue weighted by Crippen LogP contribution is 2.27. The second kappa shape index (κ2) is 7.31. The van der Waals surface area contributed by atoms with Gasteiger partial charge in [-0.25, -0.2) is 4.79 Å². The Kier molecular flexibility index (Phi) is 5.11. The van der Waals surface area contributed by atoms with Crippen LogP contribution in [0.25, 0.3) is 11.3 Å². The molecule has 2 heterocycles. The first-order valence-electron chi connectivity index (χ1n) is 8.57. The number of nitrogens with one attached hydrogen (secondary N) is 1. The van der Waals surface area contributed by atoms with E-state index in [0.717, 1.165) is 29.9 Å². The smallest absolute Gasteiger partial charge is 0.341 e. The fourth-order valence-electron chi connectivity index (χ4n) is 3.37. The first-order chi connectivity index (χ1) is 12.4. The summed E-state index contributed by atoms with van der Waals surface area (Å²) in [5.74, 6) is -1.22. The van der Waals surface area contributed by atoms with Gasteiger partial charge in [-0.15, -0.1) is 0 Å². The molecule has 4 N–H and O–H groups in total. The largest absolute Gasteiger partial charge is 0.477 e. The van der Waals surface area contributed by atoms with E-state index in [1.54, 1.807) is 7.11 Å². The molecule has 138 valence electrons. The number of benzene rings is 1. The van der Waals surface area contributed by atoms with Gasteiger partial charge in [-0.1, -0.05) is 19.1 Å². The summed E-state index contributed by atoms with van der Waals surface area (Å²) in [7, 11) is 1.67. The summed E-state index contributed by atoms with van der Waals surface area (Å²) < 4.78 is 5.39. The number of H-pyrrole nitrogens is 1. The summed E-state index contributed by atoms with van der Waals surface area (Å²) in [4.78, 5) is 28.1. The number of ether oxygens (including phenoxy) is 1. The molecule has 0 unspecified atom stereocenters. The fourth-order valence-corrected chi connectivity index (χ4v) is 3.37. The number of nitrogens with zero attached hydrogens (tertiary/aromatic N) is 1. The van der Waals surface area contributed by atoms with Crippen molar-refractivity contribution in [3.63, 3.8) is 0 Å². The SMILES string of the molecule is CCc1cc(C(=O)O)c(=O)[nH]c1-c1ccc(N2C[C@H](N)[C@H](OC)C2)cc1. The number of aromatic carboxylic acids is 1. The maximum absolute atomic E-state index is 12.0. The molecular formula is C19H23N3O4. The van der Waals surface area contributed by atoms with Gasteiger partial charge in [0, 0.05) is 25.9 Å². The Morgan fingerprint density at radius 2 is 2.04 bits per heavy atom. The van der Waals surface area contributed by atoms with Crippen LogP contribution in [0.5, 0.6) is 0 Å².